The zero-order valence-corrected chi connectivity index (χ0v) is 11.7. The minimum absolute atomic E-state index is 0.398. The number of unbranched alkanes of at least 4 members (excludes halogenated alkanes) is 1. The molecule has 0 fully saturated rings. The molecule has 0 aromatic rings. The lowest BCUT2D eigenvalue weighted by molar-refractivity contribution is 0.378. The van der Waals surface area contributed by atoms with Gasteiger partial charge in [0.1, 0.15) is 0 Å². The van der Waals surface area contributed by atoms with E-state index in [-0.39, 0.29) is 0 Å². The monoisotopic (exact) mass is 248 g/mol. The summed E-state index contributed by atoms with van der Waals surface area (Å²) >= 11 is 0. The van der Waals surface area contributed by atoms with Crippen LogP contribution in [0.25, 0.3) is 0 Å². The fourth-order valence-corrected chi connectivity index (χ4v) is 2.81. The van der Waals surface area contributed by atoms with E-state index < -0.39 is 10.2 Å². The van der Waals surface area contributed by atoms with Gasteiger partial charge in [0.25, 0.3) is 10.2 Å². The molecule has 0 bridgehead atoms. The number of hydrogen-bond acceptors (Lipinski definition) is 2. The Hall–Kier alpha value is -0.390. The molecule has 96 valence electrons. The highest BCUT2D eigenvalue weighted by atomic mass is 32.2. The van der Waals surface area contributed by atoms with Crippen molar-refractivity contribution in [1.29, 1.82) is 0 Å². The molecule has 0 heterocycles. The quantitative estimate of drug-likeness (QED) is 0.615. The van der Waals surface area contributed by atoms with Crippen LogP contribution in [0.15, 0.2) is 12.2 Å². The Balaban J connectivity index is 4.65. The highest BCUT2D eigenvalue weighted by molar-refractivity contribution is 7.86. The molecule has 4 nitrogen and oxygen atoms in total. The normalized spacial score (nSPS) is 12.4. The molecule has 0 aromatic heterocycles. The van der Waals surface area contributed by atoms with Gasteiger partial charge in [0.15, 0.2) is 0 Å². The molecule has 0 aliphatic carbocycles. The van der Waals surface area contributed by atoms with Crippen LogP contribution < -0.4 is 0 Å². The second-order valence-corrected chi connectivity index (χ2v) is 6.10. The third-order valence-electron chi connectivity index (χ3n) is 2.35. The van der Waals surface area contributed by atoms with Gasteiger partial charge < -0.3 is 0 Å². The zero-order chi connectivity index (χ0) is 12.8. The van der Waals surface area contributed by atoms with Gasteiger partial charge >= 0.3 is 0 Å². The molecule has 0 aliphatic heterocycles. The van der Waals surface area contributed by atoms with Crippen LogP contribution >= 0.6 is 0 Å². The van der Waals surface area contributed by atoms with Crippen LogP contribution in [0.4, 0.5) is 0 Å². The van der Waals surface area contributed by atoms with E-state index in [0.717, 1.165) is 18.4 Å². The van der Waals surface area contributed by atoms with Crippen LogP contribution in [0, 0.1) is 0 Å². The highest BCUT2D eigenvalue weighted by Crippen LogP contribution is 2.09. The Morgan fingerprint density at radius 3 is 2.25 bits per heavy atom. The predicted molar refractivity (Wildman–Crippen MR) is 68.5 cm³/mol. The van der Waals surface area contributed by atoms with Gasteiger partial charge in [-0.3, -0.25) is 0 Å². The first kappa shape index (κ1) is 15.6. The van der Waals surface area contributed by atoms with Crippen molar-refractivity contribution >= 4 is 10.2 Å². The Bertz CT molecular complexity index is 312. The highest BCUT2D eigenvalue weighted by Gasteiger charge is 2.24. The van der Waals surface area contributed by atoms with Crippen LogP contribution in [0.5, 0.6) is 0 Å². The maximum atomic E-state index is 12.1. The molecule has 16 heavy (non-hydrogen) atoms. The second kappa shape index (κ2) is 7.04. The van der Waals surface area contributed by atoms with Gasteiger partial charge in [-0.15, -0.1) is 0 Å². The molecule has 0 unspecified atom stereocenters. The molecule has 0 aromatic carbocycles. The summed E-state index contributed by atoms with van der Waals surface area (Å²) in [7, 11) is -1.68. The molecule has 0 N–H and O–H groups in total. The van der Waals surface area contributed by atoms with Crippen LogP contribution in [0.1, 0.15) is 33.6 Å². The SMILES string of the molecule is C=C(C)CN(CC)S(=O)(=O)N(C)CCCC. The average Bonchev–Trinajstić information content (AvgIpc) is 2.21. The summed E-state index contributed by atoms with van der Waals surface area (Å²) in [6.45, 7) is 10.9. The second-order valence-electron chi connectivity index (χ2n) is 4.07. The summed E-state index contributed by atoms with van der Waals surface area (Å²) in [5.41, 5.74) is 0.856. The fraction of sp³-hybridized carbons (Fsp3) is 0.818. The molecule has 0 rings (SSSR count). The van der Waals surface area contributed by atoms with E-state index >= 15 is 0 Å². The van der Waals surface area contributed by atoms with Crippen molar-refractivity contribution in [3.05, 3.63) is 12.2 Å². The van der Waals surface area contributed by atoms with Gasteiger partial charge in [0.2, 0.25) is 0 Å². The molecule has 0 atom stereocenters. The van der Waals surface area contributed by atoms with Crippen LogP contribution in [-0.4, -0.2) is 43.7 Å². The van der Waals surface area contributed by atoms with Crippen molar-refractivity contribution in [2.45, 2.75) is 33.6 Å². The first-order valence-electron chi connectivity index (χ1n) is 5.72. The van der Waals surface area contributed by atoms with E-state index in [0.29, 0.717) is 19.6 Å². The summed E-state index contributed by atoms with van der Waals surface area (Å²) in [5.74, 6) is 0. The largest absolute Gasteiger partial charge is 0.282 e. The molecular formula is C11H24N2O2S. The molecule has 0 amide bonds. The summed E-state index contributed by atoms with van der Waals surface area (Å²) in [6, 6.07) is 0. The topological polar surface area (TPSA) is 40.6 Å². The number of likely N-dealkylation sites (N-methyl/N-ethyl adjacent to an activating group) is 1. The fourth-order valence-electron chi connectivity index (χ4n) is 1.35. The summed E-state index contributed by atoms with van der Waals surface area (Å²) in [6.07, 6.45) is 1.88. The van der Waals surface area contributed by atoms with E-state index in [1.165, 1.54) is 8.61 Å². The third-order valence-corrected chi connectivity index (χ3v) is 4.36. The van der Waals surface area contributed by atoms with Crippen LogP contribution in [-0.2, 0) is 10.2 Å². The lowest BCUT2D eigenvalue weighted by Crippen LogP contribution is -2.42. The molecule has 0 spiro atoms. The Labute approximate surface area is 100 Å². The first-order valence-corrected chi connectivity index (χ1v) is 7.11. The molecule has 0 aliphatic rings. The van der Waals surface area contributed by atoms with E-state index in [1.54, 1.807) is 7.05 Å². The van der Waals surface area contributed by atoms with Crippen molar-refractivity contribution in [3.8, 4) is 0 Å². The lowest BCUT2D eigenvalue weighted by atomic mass is 10.3. The molecule has 0 saturated carbocycles. The van der Waals surface area contributed by atoms with E-state index in [9.17, 15) is 8.42 Å². The van der Waals surface area contributed by atoms with Crippen molar-refractivity contribution in [2.24, 2.45) is 0 Å². The standard InChI is InChI=1S/C11H24N2O2S/c1-6-8-9-12(5)16(14,15)13(7-2)10-11(3)4/h3,6-10H2,1-2,4-5H3. The van der Waals surface area contributed by atoms with Gasteiger partial charge in [-0.1, -0.05) is 32.4 Å². The smallest absolute Gasteiger partial charge is 0.195 e. The molecule has 0 radical (unpaired) electrons. The van der Waals surface area contributed by atoms with Crippen molar-refractivity contribution in [3.63, 3.8) is 0 Å². The molecular weight excluding hydrogens is 224 g/mol. The van der Waals surface area contributed by atoms with E-state index in [1.807, 2.05) is 20.8 Å². The molecule has 0 saturated heterocycles. The maximum Gasteiger partial charge on any atom is 0.282 e. The predicted octanol–water partition coefficient (Wildman–Crippen LogP) is 1.86. The minimum Gasteiger partial charge on any atom is -0.195 e. The lowest BCUT2D eigenvalue weighted by Gasteiger charge is -2.26. The van der Waals surface area contributed by atoms with Crippen LogP contribution in [0.2, 0.25) is 0 Å². The summed E-state index contributed by atoms with van der Waals surface area (Å²) in [4.78, 5) is 0. The number of hydrogen-bond donors (Lipinski definition) is 0. The van der Waals surface area contributed by atoms with Crippen molar-refractivity contribution in [2.75, 3.05) is 26.7 Å². The number of nitrogens with zero attached hydrogens (tertiary/aromatic N) is 2. The third kappa shape index (κ3) is 4.63. The number of rotatable bonds is 8. The minimum atomic E-state index is -3.31. The van der Waals surface area contributed by atoms with Crippen molar-refractivity contribution < 1.29 is 8.42 Å². The average molecular weight is 248 g/mol. The van der Waals surface area contributed by atoms with Gasteiger partial charge in [0.05, 0.1) is 0 Å². The van der Waals surface area contributed by atoms with Crippen LogP contribution in [0.3, 0.4) is 0 Å². The van der Waals surface area contributed by atoms with Crippen molar-refractivity contribution in [1.82, 2.24) is 8.61 Å². The zero-order valence-electron chi connectivity index (χ0n) is 10.9. The Morgan fingerprint density at radius 1 is 1.31 bits per heavy atom. The first-order chi connectivity index (χ1) is 7.36. The maximum absolute atomic E-state index is 12.1. The van der Waals surface area contributed by atoms with E-state index in [4.69, 9.17) is 0 Å². The Morgan fingerprint density at radius 2 is 1.88 bits per heavy atom. The van der Waals surface area contributed by atoms with Gasteiger partial charge in [-0.05, 0) is 13.3 Å². The Kier molecular flexibility index (Phi) is 6.87. The molecule has 5 heteroatoms. The summed E-state index contributed by atoms with van der Waals surface area (Å²) < 4.78 is 27.1. The summed E-state index contributed by atoms with van der Waals surface area (Å²) in [5, 5.41) is 0. The van der Waals surface area contributed by atoms with Gasteiger partial charge in [0, 0.05) is 26.7 Å². The van der Waals surface area contributed by atoms with Gasteiger partial charge in [-0.25, -0.2) is 0 Å². The van der Waals surface area contributed by atoms with E-state index in [2.05, 4.69) is 6.58 Å². The van der Waals surface area contributed by atoms with Gasteiger partial charge in [-0.2, -0.15) is 17.0 Å².